The molecule has 2 aromatic rings. The topological polar surface area (TPSA) is 87.2 Å². The fourth-order valence-electron chi connectivity index (χ4n) is 4.32. The van der Waals surface area contributed by atoms with Crippen molar-refractivity contribution >= 4 is 23.3 Å². The van der Waals surface area contributed by atoms with Crippen molar-refractivity contribution in [2.45, 2.75) is 13.0 Å². The molecular formula is C24H31N5O4. The van der Waals surface area contributed by atoms with E-state index in [0.29, 0.717) is 30.3 Å². The van der Waals surface area contributed by atoms with Crippen molar-refractivity contribution in [2.75, 3.05) is 63.8 Å². The van der Waals surface area contributed by atoms with Gasteiger partial charge >= 0.3 is 0 Å². The monoisotopic (exact) mass is 453 g/mol. The van der Waals surface area contributed by atoms with Crippen molar-refractivity contribution < 1.29 is 19.1 Å². The van der Waals surface area contributed by atoms with Crippen molar-refractivity contribution in [1.82, 2.24) is 15.2 Å². The Morgan fingerprint density at radius 1 is 1.15 bits per heavy atom. The highest BCUT2D eigenvalue weighted by Crippen LogP contribution is 2.36. The van der Waals surface area contributed by atoms with Gasteiger partial charge in [0.2, 0.25) is 11.8 Å². The van der Waals surface area contributed by atoms with E-state index in [4.69, 9.17) is 9.47 Å². The number of rotatable bonds is 7. The molecule has 2 aliphatic heterocycles. The maximum atomic E-state index is 13.0. The summed E-state index contributed by atoms with van der Waals surface area (Å²) in [6.07, 6.45) is 1.94. The zero-order valence-corrected chi connectivity index (χ0v) is 19.4. The zero-order chi connectivity index (χ0) is 23.4. The standard InChI is InChI=1S/C24H31N5O4/c1-27-9-11-28(12-10-27)23-17(5-4-8-25-23)15-26-24(31)18-13-22(30)29(16-18)20-14-19(32-2)6-7-21(20)33-3/h4-8,14,18H,9-13,15-16H2,1-3H3,(H,26,31). The average Bonchev–Trinajstić information content (AvgIpc) is 3.24. The molecule has 1 unspecified atom stereocenters. The second-order valence-electron chi connectivity index (χ2n) is 8.44. The molecule has 1 aromatic carbocycles. The van der Waals surface area contributed by atoms with Gasteiger partial charge < -0.3 is 29.5 Å². The van der Waals surface area contributed by atoms with Crippen molar-refractivity contribution in [3.05, 3.63) is 42.1 Å². The van der Waals surface area contributed by atoms with Crippen LogP contribution in [0.2, 0.25) is 0 Å². The van der Waals surface area contributed by atoms with Gasteiger partial charge in [0.05, 0.1) is 25.8 Å². The Morgan fingerprint density at radius 3 is 2.67 bits per heavy atom. The van der Waals surface area contributed by atoms with Crippen LogP contribution in [0.4, 0.5) is 11.5 Å². The summed E-state index contributed by atoms with van der Waals surface area (Å²) in [7, 11) is 5.24. The number of hydrogen-bond acceptors (Lipinski definition) is 7. The van der Waals surface area contributed by atoms with Gasteiger partial charge in [0.1, 0.15) is 17.3 Å². The molecule has 0 bridgehead atoms. The maximum Gasteiger partial charge on any atom is 0.227 e. The molecule has 4 rings (SSSR count). The molecule has 33 heavy (non-hydrogen) atoms. The molecule has 1 aromatic heterocycles. The number of hydrogen-bond donors (Lipinski definition) is 1. The molecule has 1 N–H and O–H groups in total. The van der Waals surface area contributed by atoms with Crippen LogP contribution in [0.1, 0.15) is 12.0 Å². The molecule has 2 fully saturated rings. The third kappa shape index (κ3) is 5.03. The Bertz CT molecular complexity index is 1010. The first-order valence-electron chi connectivity index (χ1n) is 11.2. The molecular weight excluding hydrogens is 422 g/mol. The number of nitrogens with one attached hydrogen (secondary N) is 1. The number of aromatic nitrogens is 1. The van der Waals surface area contributed by atoms with E-state index in [-0.39, 0.29) is 18.2 Å². The average molecular weight is 454 g/mol. The number of anilines is 2. The van der Waals surface area contributed by atoms with Gasteiger partial charge in [0.25, 0.3) is 0 Å². The predicted octanol–water partition coefficient (Wildman–Crippen LogP) is 1.52. The number of pyridine rings is 1. The molecule has 3 heterocycles. The molecule has 2 aliphatic rings. The van der Waals surface area contributed by atoms with Crippen LogP contribution in [0.15, 0.2) is 36.5 Å². The lowest BCUT2D eigenvalue weighted by Crippen LogP contribution is -2.45. The third-order valence-electron chi connectivity index (χ3n) is 6.30. The minimum absolute atomic E-state index is 0.110. The number of benzene rings is 1. The van der Waals surface area contributed by atoms with E-state index in [1.807, 2.05) is 12.1 Å². The van der Waals surface area contributed by atoms with E-state index >= 15 is 0 Å². The Hall–Kier alpha value is -3.33. The van der Waals surface area contributed by atoms with E-state index < -0.39 is 5.92 Å². The lowest BCUT2D eigenvalue weighted by atomic mass is 10.1. The first-order valence-corrected chi connectivity index (χ1v) is 11.2. The van der Waals surface area contributed by atoms with E-state index in [1.54, 1.807) is 43.5 Å². The zero-order valence-electron chi connectivity index (χ0n) is 19.4. The SMILES string of the molecule is COc1ccc(OC)c(N2CC(C(=O)NCc3cccnc3N3CCN(C)CC3)CC2=O)c1. The Morgan fingerprint density at radius 2 is 1.94 bits per heavy atom. The summed E-state index contributed by atoms with van der Waals surface area (Å²) in [5.74, 6) is 1.42. The van der Waals surface area contributed by atoms with Gasteiger partial charge in [-0.3, -0.25) is 9.59 Å². The summed E-state index contributed by atoms with van der Waals surface area (Å²) in [5, 5.41) is 3.02. The Labute approximate surface area is 194 Å². The summed E-state index contributed by atoms with van der Waals surface area (Å²) >= 11 is 0. The van der Waals surface area contributed by atoms with E-state index in [1.165, 1.54) is 0 Å². The van der Waals surface area contributed by atoms with Crippen LogP contribution in [-0.4, -0.2) is 75.7 Å². The highest BCUT2D eigenvalue weighted by atomic mass is 16.5. The first-order chi connectivity index (χ1) is 16.0. The smallest absolute Gasteiger partial charge is 0.227 e. The quantitative estimate of drug-likeness (QED) is 0.680. The van der Waals surface area contributed by atoms with Gasteiger partial charge in [-0.1, -0.05) is 6.07 Å². The van der Waals surface area contributed by atoms with E-state index in [0.717, 1.165) is 37.6 Å². The molecule has 0 aliphatic carbocycles. The third-order valence-corrected chi connectivity index (χ3v) is 6.30. The van der Waals surface area contributed by atoms with E-state index in [2.05, 4.69) is 27.1 Å². The van der Waals surface area contributed by atoms with Gasteiger partial charge in [-0.2, -0.15) is 0 Å². The molecule has 1 atom stereocenters. The minimum Gasteiger partial charge on any atom is -0.497 e. The van der Waals surface area contributed by atoms with Gasteiger partial charge in [0.15, 0.2) is 0 Å². The van der Waals surface area contributed by atoms with Crippen LogP contribution >= 0.6 is 0 Å². The molecule has 0 radical (unpaired) electrons. The van der Waals surface area contributed by atoms with Crippen LogP contribution < -0.4 is 24.6 Å². The van der Waals surface area contributed by atoms with Crippen LogP contribution in [0.25, 0.3) is 0 Å². The number of amides is 2. The summed E-state index contributed by atoms with van der Waals surface area (Å²) in [6.45, 7) is 4.45. The van der Waals surface area contributed by atoms with Crippen molar-refractivity contribution in [3.8, 4) is 11.5 Å². The summed E-state index contributed by atoms with van der Waals surface area (Å²) in [6, 6.07) is 9.18. The van der Waals surface area contributed by atoms with E-state index in [9.17, 15) is 9.59 Å². The number of likely N-dealkylation sites (N-methyl/N-ethyl adjacent to an activating group) is 1. The molecule has 9 heteroatoms. The lowest BCUT2D eigenvalue weighted by molar-refractivity contribution is -0.126. The number of carbonyl (C=O) groups is 2. The fourth-order valence-corrected chi connectivity index (χ4v) is 4.32. The van der Waals surface area contributed by atoms with Gasteiger partial charge in [-0.25, -0.2) is 4.98 Å². The van der Waals surface area contributed by atoms with Crippen LogP contribution in [0.3, 0.4) is 0 Å². The van der Waals surface area contributed by atoms with Crippen LogP contribution in [0, 0.1) is 5.92 Å². The normalized spacial score (nSPS) is 19.0. The Kier molecular flexibility index (Phi) is 6.98. The second kappa shape index (κ2) is 10.1. The lowest BCUT2D eigenvalue weighted by Gasteiger charge is -2.34. The number of nitrogens with zero attached hydrogens (tertiary/aromatic N) is 4. The minimum atomic E-state index is -0.433. The predicted molar refractivity (Wildman–Crippen MR) is 126 cm³/mol. The van der Waals surface area contributed by atoms with Crippen LogP contribution in [0.5, 0.6) is 11.5 Å². The van der Waals surface area contributed by atoms with Crippen LogP contribution in [-0.2, 0) is 16.1 Å². The summed E-state index contributed by atoms with van der Waals surface area (Å²) < 4.78 is 10.7. The number of methoxy groups -OCH3 is 2. The van der Waals surface area contributed by atoms with Gasteiger partial charge in [-0.05, 0) is 25.2 Å². The molecule has 0 saturated carbocycles. The highest BCUT2D eigenvalue weighted by Gasteiger charge is 2.36. The van der Waals surface area contributed by atoms with Gasteiger partial charge in [0, 0.05) is 63.5 Å². The number of piperazine rings is 1. The molecule has 0 spiro atoms. The molecule has 2 amide bonds. The highest BCUT2D eigenvalue weighted by molar-refractivity contribution is 6.01. The van der Waals surface area contributed by atoms with Gasteiger partial charge in [-0.15, -0.1) is 0 Å². The molecule has 9 nitrogen and oxygen atoms in total. The Balaban J connectivity index is 1.41. The summed E-state index contributed by atoms with van der Waals surface area (Å²) in [5.41, 5.74) is 1.59. The first kappa shape index (κ1) is 22.8. The van der Waals surface area contributed by atoms with Crippen molar-refractivity contribution in [2.24, 2.45) is 5.92 Å². The number of carbonyl (C=O) groups excluding carboxylic acids is 2. The number of ether oxygens (including phenoxy) is 2. The summed E-state index contributed by atoms with van der Waals surface area (Å²) in [4.78, 5) is 36.4. The van der Waals surface area contributed by atoms with Crippen molar-refractivity contribution in [1.29, 1.82) is 0 Å². The molecule has 2 saturated heterocycles. The second-order valence-corrected chi connectivity index (χ2v) is 8.44. The fraction of sp³-hybridized carbons (Fsp3) is 0.458. The maximum absolute atomic E-state index is 13.0. The molecule has 176 valence electrons. The largest absolute Gasteiger partial charge is 0.497 e. The van der Waals surface area contributed by atoms with Crippen molar-refractivity contribution in [3.63, 3.8) is 0 Å².